The van der Waals surface area contributed by atoms with Crippen LogP contribution in [0.5, 0.6) is 0 Å². The van der Waals surface area contributed by atoms with Crippen molar-refractivity contribution in [2.75, 3.05) is 19.7 Å². The number of aryl methyl sites for hydroxylation is 2. The van der Waals surface area contributed by atoms with Crippen molar-refractivity contribution in [3.05, 3.63) is 34.9 Å². The molecule has 1 fully saturated rings. The Hall–Kier alpha value is -0.860. The summed E-state index contributed by atoms with van der Waals surface area (Å²) in [5.74, 6) is 0. The molecule has 0 bridgehead atoms. The number of aliphatic hydroxyl groups is 1. The maximum absolute atomic E-state index is 9.34. The second-order valence-corrected chi connectivity index (χ2v) is 6.96. The molecule has 1 aromatic rings. The molecule has 2 heteroatoms. The Labute approximate surface area is 117 Å². The molecule has 2 rings (SSSR count). The first-order valence-corrected chi connectivity index (χ1v) is 7.28. The maximum atomic E-state index is 9.34. The lowest BCUT2D eigenvalue weighted by molar-refractivity contribution is 0.205. The average Bonchev–Trinajstić information content (AvgIpc) is 3.09. The molecule has 0 amide bonds. The molecule has 19 heavy (non-hydrogen) atoms. The first-order chi connectivity index (χ1) is 8.88. The van der Waals surface area contributed by atoms with Crippen molar-refractivity contribution in [2.24, 2.45) is 5.41 Å². The second kappa shape index (κ2) is 5.26. The van der Waals surface area contributed by atoms with Crippen LogP contribution in [0.25, 0.3) is 0 Å². The molecule has 0 saturated heterocycles. The quantitative estimate of drug-likeness (QED) is 0.825. The number of nitrogens with one attached hydrogen (secondary N) is 1. The lowest BCUT2D eigenvalue weighted by atomic mass is 9.81. The molecular formula is C17H27NO. The van der Waals surface area contributed by atoms with Gasteiger partial charge in [0, 0.05) is 30.5 Å². The highest BCUT2D eigenvalue weighted by atomic mass is 16.3. The number of rotatable bonds is 6. The van der Waals surface area contributed by atoms with Crippen molar-refractivity contribution in [1.82, 2.24) is 5.32 Å². The predicted molar refractivity (Wildman–Crippen MR) is 80.6 cm³/mol. The van der Waals surface area contributed by atoms with Gasteiger partial charge >= 0.3 is 0 Å². The first kappa shape index (κ1) is 14.5. The third-order valence-electron chi connectivity index (χ3n) is 4.47. The molecule has 1 aliphatic carbocycles. The van der Waals surface area contributed by atoms with Crippen molar-refractivity contribution in [3.8, 4) is 0 Å². The standard InChI is InChI=1S/C17H27NO/c1-13-5-6-15(14(2)9-13)16(3,4)10-18-11-17(12-19)7-8-17/h5-6,9,18-19H,7-8,10-12H2,1-4H3. The maximum Gasteiger partial charge on any atom is 0.0499 e. The highest BCUT2D eigenvalue weighted by Gasteiger charge is 2.41. The second-order valence-electron chi connectivity index (χ2n) is 6.96. The molecule has 0 radical (unpaired) electrons. The van der Waals surface area contributed by atoms with Gasteiger partial charge in [-0.3, -0.25) is 0 Å². The molecule has 1 aliphatic rings. The van der Waals surface area contributed by atoms with E-state index >= 15 is 0 Å². The Morgan fingerprint density at radius 1 is 1.26 bits per heavy atom. The number of hydrogen-bond donors (Lipinski definition) is 2. The van der Waals surface area contributed by atoms with Gasteiger partial charge in [0.1, 0.15) is 0 Å². The zero-order valence-corrected chi connectivity index (χ0v) is 12.7. The van der Waals surface area contributed by atoms with Crippen LogP contribution in [0, 0.1) is 19.3 Å². The molecule has 2 N–H and O–H groups in total. The van der Waals surface area contributed by atoms with Crippen molar-refractivity contribution in [1.29, 1.82) is 0 Å². The van der Waals surface area contributed by atoms with Crippen LogP contribution in [-0.4, -0.2) is 24.8 Å². The van der Waals surface area contributed by atoms with Gasteiger partial charge in [-0.15, -0.1) is 0 Å². The lowest BCUT2D eigenvalue weighted by Crippen LogP contribution is -2.37. The van der Waals surface area contributed by atoms with Crippen LogP contribution < -0.4 is 5.32 Å². The van der Waals surface area contributed by atoms with E-state index in [-0.39, 0.29) is 10.8 Å². The van der Waals surface area contributed by atoms with Crippen molar-refractivity contribution < 1.29 is 5.11 Å². The van der Waals surface area contributed by atoms with Crippen LogP contribution >= 0.6 is 0 Å². The molecule has 0 spiro atoms. The Kier molecular flexibility index (Phi) is 4.03. The smallest absolute Gasteiger partial charge is 0.0499 e. The van der Waals surface area contributed by atoms with Crippen molar-refractivity contribution >= 4 is 0 Å². The van der Waals surface area contributed by atoms with Gasteiger partial charge in [-0.25, -0.2) is 0 Å². The topological polar surface area (TPSA) is 32.3 Å². The van der Waals surface area contributed by atoms with Gasteiger partial charge in [-0.2, -0.15) is 0 Å². The average molecular weight is 261 g/mol. The molecule has 1 aromatic carbocycles. The molecule has 106 valence electrons. The molecule has 0 heterocycles. The van der Waals surface area contributed by atoms with E-state index in [4.69, 9.17) is 0 Å². The molecule has 0 aromatic heterocycles. The van der Waals surface area contributed by atoms with Crippen LogP contribution in [-0.2, 0) is 5.41 Å². The fraction of sp³-hybridized carbons (Fsp3) is 0.647. The van der Waals surface area contributed by atoms with Crippen molar-refractivity contribution in [3.63, 3.8) is 0 Å². The van der Waals surface area contributed by atoms with E-state index in [0.717, 1.165) is 13.1 Å². The van der Waals surface area contributed by atoms with E-state index in [2.05, 4.69) is 51.2 Å². The summed E-state index contributed by atoms with van der Waals surface area (Å²) in [6, 6.07) is 6.71. The third-order valence-corrected chi connectivity index (χ3v) is 4.47. The SMILES string of the molecule is Cc1ccc(C(C)(C)CNCC2(CO)CC2)c(C)c1. The summed E-state index contributed by atoms with van der Waals surface area (Å²) in [4.78, 5) is 0. The minimum absolute atomic E-state index is 0.128. The Balaban J connectivity index is 1.97. The van der Waals surface area contributed by atoms with Gasteiger partial charge in [0.2, 0.25) is 0 Å². The zero-order chi connectivity index (χ0) is 14.1. The van der Waals surface area contributed by atoms with E-state index in [9.17, 15) is 5.11 Å². The minimum atomic E-state index is 0.128. The molecule has 0 atom stereocenters. The largest absolute Gasteiger partial charge is 0.396 e. The summed E-state index contributed by atoms with van der Waals surface area (Å²) in [6.45, 7) is 11.1. The van der Waals surface area contributed by atoms with Crippen LogP contribution in [0.15, 0.2) is 18.2 Å². The fourth-order valence-corrected chi connectivity index (χ4v) is 2.88. The Morgan fingerprint density at radius 2 is 1.95 bits per heavy atom. The van der Waals surface area contributed by atoms with Crippen LogP contribution in [0.4, 0.5) is 0 Å². The van der Waals surface area contributed by atoms with Crippen LogP contribution in [0.3, 0.4) is 0 Å². The van der Waals surface area contributed by atoms with Gasteiger partial charge < -0.3 is 10.4 Å². The van der Waals surface area contributed by atoms with Gasteiger partial charge in [0.05, 0.1) is 0 Å². The normalized spacial score (nSPS) is 17.5. The van der Waals surface area contributed by atoms with E-state index in [1.165, 1.54) is 29.5 Å². The van der Waals surface area contributed by atoms with E-state index in [0.29, 0.717) is 6.61 Å². The fourth-order valence-electron chi connectivity index (χ4n) is 2.88. The summed E-state index contributed by atoms with van der Waals surface area (Å²) >= 11 is 0. The highest BCUT2D eigenvalue weighted by Crippen LogP contribution is 2.44. The van der Waals surface area contributed by atoms with E-state index in [1.54, 1.807) is 0 Å². The summed E-state index contributed by atoms with van der Waals surface area (Å²) < 4.78 is 0. The van der Waals surface area contributed by atoms with Crippen LogP contribution in [0.2, 0.25) is 0 Å². The number of benzene rings is 1. The third kappa shape index (κ3) is 3.37. The molecule has 1 saturated carbocycles. The first-order valence-electron chi connectivity index (χ1n) is 7.28. The zero-order valence-electron chi connectivity index (χ0n) is 12.7. The summed E-state index contributed by atoms with van der Waals surface area (Å²) in [7, 11) is 0. The van der Waals surface area contributed by atoms with Gasteiger partial charge in [0.25, 0.3) is 0 Å². The van der Waals surface area contributed by atoms with E-state index in [1.807, 2.05) is 0 Å². The summed E-state index contributed by atoms with van der Waals surface area (Å²) in [6.07, 6.45) is 2.33. The van der Waals surface area contributed by atoms with Gasteiger partial charge in [-0.05, 0) is 37.8 Å². The predicted octanol–water partition coefficient (Wildman–Crippen LogP) is 2.94. The van der Waals surface area contributed by atoms with E-state index < -0.39 is 0 Å². The minimum Gasteiger partial charge on any atom is -0.396 e. The molecule has 2 nitrogen and oxygen atoms in total. The summed E-state index contributed by atoms with van der Waals surface area (Å²) in [5, 5.41) is 12.9. The monoisotopic (exact) mass is 261 g/mol. The van der Waals surface area contributed by atoms with Gasteiger partial charge in [-0.1, -0.05) is 37.6 Å². The van der Waals surface area contributed by atoms with Gasteiger partial charge in [0.15, 0.2) is 0 Å². The molecule has 0 unspecified atom stereocenters. The Morgan fingerprint density at radius 3 is 2.47 bits per heavy atom. The van der Waals surface area contributed by atoms with Crippen molar-refractivity contribution in [2.45, 2.75) is 46.0 Å². The number of hydrogen-bond acceptors (Lipinski definition) is 2. The molecule has 0 aliphatic heterocycles. The number of aliphatic hydroxyl groups excluding tert-OH is 1. The summed E-state index contributed by atoms with van der Waals surface area (Å²) in [5.41, 5.74) is 4.43. The highest BCUT2D eigenvalue weighted by molar-refractivity contribution is 5.35. The lowest BCUT2D eigenvalue weighted by Gasteiger charge is -2.29. The van der Waals surface area contributed by atoms with Crippen LogP contribution in [0.1, 0.15) is 43.4 Å². The Bertz CT molecular complexity index is 447. The molecular weight excluding hydrogens is 234 g/mol.